The van der Waals surface area contributed by atoms with E-state index < -0.39 is 35.2 Å². The normalized spacial score (nSPS) is 20.8. The second-order valence-electron chi connectivity index (χ2n) is 15.4. The summed E-state index contributed by atoms with van der Waals surface area (Å²) in [4.78, 5) is 4.96. The van der Waals surface area contributed by atoms with Crippen LogP contribution in [0.5, 0.6) is 0 Å². The monoisotopic (exact) mass is 961 g/mol. The van der Waals surface area contributed by atoms with Crippen molar-refractivity contribution in [2.24, 2.45) is 0 Å². The molecule has 16 nitrogen and oxygen atoms in total. The summed E-state index contributed by atoms with van der Waals surface area (Å²) in [6.07, 6.45) is 5.15. The molecule has 0 spiro atoms. The molecule has 2 saturated heterocycles. The van der Waals surface area contributed by atoms with Crippen LogP contribution in [0.25, 0.3) is 0 Å². The highest BCUT2D eigenvalue weighted by molar-refractivity contribution is 6.61. The molecule has 0 aromatic heterocycles. The SMILES string of the molecule is CCO[Si](CCCN1CCC[Si](OCC)(OCC)OC(COCCCCOCC2CN(CCC[Si](OCC)(OCC)OCC)CCC[Si](OCC)(OCC)O2)C1)(OCC)OCC. The van der Waals surface area contributed by atoms with Gasteiger partial charge in [-0.3, -0.25) is 0 Å². The zero-order chi connectivity index (χ0) is 45.4. The van der Waals surface area contributed by atoms with Gasteiger partial charge in [-0.25, -0.2) is 0 Å². The van der Waals surface area contributed by atoms with Gasteiger partial charge < -0.3 is 72.4 Å². The molecule has 2 rings (SSSR count). The number of rotatable bonds is 37. The highest BCUT2D eigenvalue weighted by Gasteiger charge is 2.46. The number of ether oxygens (including phenoxy) is 2. The molecule has 62 heavy (non-hydrogen) atoms. The fraction of sp³-hybridized carbons (Fsp3) is 1.00. The van der Waals surface area contributed by atoms with Crippen LogP contribution in [0.2, 0.25) is 24.2 Å². The van der Waals surface area contributed by atoms with Crippen molar-refractivity contribution in [3.05, 3.63) is 0 Å². The van der Waals surface area contributed by atoms with Crippen molar-refractivity contribution in [1.82, 2.24) is 9.80 Å². The van der Waals surface area contributed by atoms with Crippen molar-refractivity contribution in [2.75, 3.05) is 132 Å². The largest absolute Gasteiger partial charge is 0.501 e. The van der Waals surface area contributed by atoms with Crippen molar-refractivity contribution < 1.29 is 62.6 Å². The lowest BCUT2D eigenvalue weighted by Crippen LogP contribution is -2.54. The summed E-state index contributed by atoms with van der Waals surface area (Å²) >= 11 is 0. The molecule has 0 amide bonds. The zero-order valence-electron chi connectivity index (χ0n) is 41.0. The third kappa shape index (κ3) is 22.3. The summed E-state index contributed by atoms with van der Waals surface area (Å²) in [5, 5.41) is 0. The smallest absolute Gasteiger partial charge is 0.379 e. The van der Waals surface area contributed by atoms with Gasteiger partial charge in [-0.05, 0) is 134 Å². The molecule has 2 unspecified atom stereocenters. The van der Waals surface area contributed by atoms with Gasteiger partial charge in [0, 0.05) is 117 Å². The van der Waals surface area contributed by atoms with Gasteiger partial charge in [-0.15, -0.1) is 0 Å². The summed E-state index contributed by atoms with van der Waals surface area (Å²) in [6.45, 7) is 33.2. The standard InChI is InChI=1S/C42H92N2O14Si4/c1-11-47-59(48-12-2,49-13-3)33-23-27-43-29-25-35-61(53-17-7,54-18-8)57-41(37-43)39-45-31-21-22-32-46-40-42-38-44(30-26-36-62(58-42,55-19-9)56-20-10)28-24-34-60(50-14-4,51-15-5)52-16-6/h41-42H,11-40H2,1-10H3. The van der Waals surface area contributed by atoms with E-state index in [1.165, 1.54) is 0 Å². The number of hydrogen-bond donors (Lipinski definition) is 0. The second-order valence-corrected chi connectivity index (χ2v) is 26.2. The fourth-order valence-electron chi connectivity index (χ4n) is 8.34. The van der Waals surface area contributed by atoms with Crippen LogP contribution in [0.1, 0.15) is 108 Å². The maximum absolute atomic E-state index is 6.80. The van der Waals surface area contributed by atoms with Crippen LogP contribution in [0.4, 0.5) is 0 Å². The highest BCUT2D eigenvalue weighted by Crippen LogP contribution is 2.27. The molecular formula is C42H92N2O14Si4. The van der Waals surface area contributed by atoms with Gasteiger partial charge in [0.1, 0.15) is 0 Å². The number of hydrogen-bond acceptors (Lipinski definition) is 16. The minimum Gasteiger partial charge on any atom is -0.379 e. The van der Waals surface area contributed by atoms with E-state index in [1.54, 1.807) is 0 Å². The Morgan fingerprint density at radius 3 is 1.06 bits per heavy atom. The van der Waals surface area contributed by atoms with Crippen LogP contribution in [0, 0.1) is 0 Å². The Morgan fingerprint density at radius 1 is 0.452 bits per heavy atom. The Kier molecular flexibility index (Phi) is 32.5. The molecular weight excluding hydrogens is 869 g/mol. The third-order valence-corrected chi connectivity index (χ3v) is 23.1. The average Bonchev–Trinajstić information content (AvgIpc) is 3.21. The van der Waals surface area contributed by atoms with Crippen molar-refractivity contribution in [3.63, 3.8) is 0 Å². The molecule has 2 fully saturated rings. The quantitative estimate of drug-likeness (QED) is 0.0473. The Hall–Kier alpha value is 0.228. The topological polar surface area (TPSA) is 136 Å². The molecule has 2 heterocycles. The van der Waals surface area contributed by atoms with E-state index in [4.69, 9.17) is 62.6 Å². The first-order valence-electron chi connectivity index (χ1n) is 24.5. The lowest BCUT2D eigenvalue weighted by molar-refractivity contribution is -0.0369. The predicted octanol–water partition coefficient (Wildman–Crippen LogP) is 6.88. The van der Waals surface area contributed by atoms with E-state index in [0.717, 1.165) is 102 Å². The minimum atomic E-state index is -2.84. The van der Waals surface area contributed by atoms with Crippen molar-refractivity contribution in [1.29, 1.82) is 0 Å². The molecule has 0 aliphatic carbocycles. The summed E-state index contributed by atoms with van der Waals surface area (Å²) < 4.78 is 88.1. The molecule has 20 heteroatoms. The molecule has 0 bridgehead atoms. The van der Waals surface area contributed by atoms with E-state index >= 15 is 0 Å². The predicted molar refractivity (Wildman–Crippen MR) is 250 cm³/mol. The molecule has 2 aliphatic rings. The van der Waals surface area contributed by atoms with Crippen molar-refractivity contribution >= 4 is 35.2 Å². The molecule has 0 aromatic carbocycles. The van der Waals surface area contributed by atoms with Gasteiger partial charge in [0.05, 0.1) is 25.4 Å². The maximum Gasteiger partial charge on any atom is 0.501 e. The third-order valence-electron chi connectivity index (χ3n) is 10.5. The molecule has 0 N–H and O–H groups in total. The molecule has 0 radical (unpaired) electrons. The number of unbranched alkanes of at least 4 members (excludes halogenated alkanes) is 1. The molecule has 0 aromatic rings. The number of nitrogens with zero attached hydrogens (tertiary/aromatic N) is 2. The summed E-state index contributed by atoms with van der Waals surface area (Å²) in [7, 11) is -11.1. The van der Waals surface area contributed by atoms with Crippen LogP contribution in [-0.4, -0.2) is 189 Å². The van der Waals surface area contributed by atoms with Gasteiger partial charge in [0.15, 0.2) is 0 Å². The van der Waals surface area contributed by atoms with Crippen LogP contribution >= 0.6 is 0 Å². The first-order valence-corrected chi connectivity index (χ1v) is 32.2. The fourth-order valence-corrected chi connectivity index (χ4v) is 19.0. The van der Waals surface area contributed by atoms with Gasteiger partial charge in [0.25, 0.3) is 0 Å². The van der Waals surface area contributed by atoms with E-state index in [0.29, 0.717) is 92.5 Å². The van der Waals surface area contributed by atoms with E-state index in [9.17, 15) is 0 Å². The van der Waals surface area contributed by atoms with Gasteiger partial charge in [-0.2, -0.15) is 0 Å². The highest BCUT2D eigenvalue weighted by atomic mass is 28.4. The van der Waals surface area contributed by atoms with Gasteiger partial charge >= 0.3 is 35.2 Å². The Bertz CT molecular complexity index is 957. The van der Waals surface area contributed by atoms with Crippen LogP contribution in [0.3, 0.4) is 0 Å². The Labute approximate surface area is 382 Å². The minimum absolute atomic E-state index is 0.167. The average molecular weight is 962 g/mol. The Balaban J connectivity index is 1.98. The zero-order valence-corrected chi connectivity index (χ0v) is 45.0. The first kappa shape index (κ1) is 58.4. The van der Waals surface area contributed by atoms with Crippen molar-refractivity contribution in [3.8, 4) is 0 Å². The molecule has 370 valence electrons. The first-order chi connectivity index (χ1) is 30.1. The molecule has 2 aliphatic heterocycles. The van der Waals surface area contributed by atoms with E-state index in [2.05, 4.69) is 9.80 Å². The summed E-state index contributed by atoms with van der Waals surface area (Å²) in [5.74, 6) is 0. The van der Waals surface area contributed by atoms with Gasteiger partial charge in [0.2, 0.25) is 0 Å². The van der Waals surface area contributed by atoms with Crippen LogP contribution in [-0.2, 0) is 62.6 Å². The summed E-state index contributed by atoms with van der Waals surface area (Å²) in [5.41, 5.74) is 0. The lowest BCUT2D eigenvalue weighted by Gasteiger charge is -2.38. The van der Waals surface area contributed by atoms with E-state index in [-0.39, 0.29) is 12.2 Å². The van der Waals surface area contributed by atoms with Crippen LogP contribution < -0.4 is 0 Å². The van der Waals surface area contributed by atoms with E-state index in [1.807, 2.05) is 69.2 Å². The maximum atomic E-state index is 6.80. The molecule has 2 atom stereocenters. The second kappa shape index (κ2) is 34.5. The summed E-state index contributed by atoms with van der Waals surface area (Å²) in [6, 6.07) is 3.14. The van der Waals surface area contributed by atoms with Gasteiger partial charge in [-0.1, -0.05) is 0 Å². The van der Waals surface area contributed by atoms with Crippen molar-refractivity contribution in [2.45, 2.75) is 144 Å². The molecule has 0 saturated carbocycles. The lowest BCUT2D eigenvalue weighted by atomic mass is 10.3. The van der Waals surface area contributed by atoms with Crippen LogP contribution in [0.15, 0.2) is 0 Å². The Morgan fingerprint density at radius 2 is 0.774 bits per heavy atom.